The summed E-state index contributed by atoms with van der Waals surface area (Å²) >= 11 is 6.38. The van der Waals surface area contributed by atoms with E-state index in [1.807, 2.05) is 43.3 Å². The first kappa shape index (κ1) is 20.4. The standard InChI is InChI=1S/C21H21ClN4O3/c1-13-9-10-17(29-3)16(11-13)24-18(27)12-23-21(28)19-14(2)25-26(20(19)22)15-7-5-4-6-8-15/h4-11H,12H2,1-3H3,(H,23,28)(H,24,27). The van der Waals surface area contributed by atoms with Crippen molar-refractivity contribution >= 4 is 29.1 Å². The molecule has 150 valence electrons. The molecule has 0 bridgehead atoms. The van der Waals surface area contributed by atoms with Crippen LogP contribution in [0.25, 0.3) is 5.69 Å². The lowest BCUT2D eigenvalue weighted by molar-refractivity contribution is -0.115. The fourth-order valence-electron chi connectivity index (χ4n) is 2.86. The predicted octanol–water partition coefficient (Wildman–Crippen LogP) is 3.52. The molecule has 0 saturated heterocycles. The summed E-state index contributed by atoms with van der Waals surface area (Å²) < 4.78 is 6.73. The lowest BCUT2D eigenvalue weighted by atomic mass is 10.2. The molecule has 0 fully saturated rings. The number of aryl methyl sites for hydroxylation is 2. The minimum Gasteiger partial charge on any atom is -0.495 e. The maximum absolute atomic E-state index is 12.6. The molecule has 3 rings (SSSR count). The number of benzene rings is 2. The lowest BCUT2D eigenvalue weighted by Crippen LogP contribution is -2.33. The molecule has 0 radical (unpaired) electrons. The summed E-state index contributed by atoms with van der Waals surface area (Å²) in [4.78, 5) is 24.9. The van der Waals surface area contributed by atoms with Gasteiger partial charge in [0.2, 0.25) is 5.91 Å². The van der Waals surface area contributed by atoms with Crippen LogP contribution >= 0.6 is 11.6 Å². The SMILES string of the molecule is COc1ccc(C)cc1NC(=O)CNC(=O)c1c(C)nn(-c2ccccc2)c1Cl. The van der Waals surface area contributed by atoms with Gasteiger partial charge in [0.05, 0.1) is 36.3 Å². The second-order valence-corrected chi connectivity index (χ2v) is 6.79. The van der Waals surface area contributed by atoms with Crippen molar-refractivity contribution in [1.29, 1.82) is 0 Å². The largest absolute Gasteiger partial charge is 0.495 e. The third-order valence-corrected chi connectivity index (χ3v) is 4.62. The first-order valence-corrected chi connectivity index (χ1v) is 9.31. The number of halogens is 1. The van der Waals surface area contributed by atoms with E-state index < -0.39 is 5.91 Å². The minimum absolute atomic E-state index is 0.187. The van der Waals surface area contributed by atoms with E-state index in [4.69, 9.17) is 16.3 Å². The molecule has 1 heterocycles. The smallest absolute Gasteiger partial charge is 0.256 e. The topological polar surface area (TPSA) is 85.2 Å². The molecule has 0 aliphatic rings. The lowest BCUT2D eigenvalue weighted by Gasteiger charge is -2.11. The predicted molar refractivity (Wildman–Crippen MR) is 112 cm³/mol. The summed E-state index contributed by atoms with van der Waals surface area (Å²) in [5.74, 6) is -0.314. The molecule has 2 aromatic carbocycles. The Kier molecular flexibility index (Phi) is 6.19. The molecule has 0 atom stereocenters. The van der Waals surface area contributed by atoms with Crippen LogP contribution in [0.5, 0.6) is 5.75 Å². The van der Waals surface area contributed by atoms with Gasteiger partial charge in [-0.1, -0.05) is 35.9 Å². The van der Waals surface area contributed by atoms with Crippen LogP contribution in [0.3, 0.4) is 0 Å². The third kappa shape index (κ3) is 4.57. The van der Waals surface area contributed by atoms with Gasteiger partial charge in [0.1, 0.15) is 10.9 Å². The second kappa shape index (κ2) is 8.79. The van der Waals surface area contributed by atoms with Gasteiger partial charge in [-0.15, -0.1) is 0 Å². The van der Waals surface area contributed by atoms with Crippen molar-refractivity contribution in [3.63, 3.8) is 0 Å². The molecule has 0 spiro atoms. The van der Waals surface area contributed by atoms with E-state index >= 15 is 0 Å². The zero-order chi connectivity index (χ0) is 21.0. The van der Waals surface area contributed by atoms with Crippen molar-refractivity contribution in [3.8, 4) is 11.4 Å². The van der Waals surface area contributed by atoms with E-state index in [0.717, 1.165) is 11.3 Å². The molecule has 1 aromatic heterocycles. The van der Waals surface area contributed by atoms with Gasteiger partial charge < -0.3 is 15.4 Å². The maximum atomic E-state index is 12.6. The van der Waals surface area contributed by atoms with Crippen molar-refractivity contribution in [1.82, 2.24) is 15.1 Å². The number of rotatable bonds is 6. The molecular formula is C21H21ClN4O3. The fraction of sp³-hybridized carbons (Fsp3) is 0.190. The number of para-hydroxylation sites is 1. The van der Waals surface area contributed by atoms with Crippen molar-refractivity contribution in [2.45, 2.75) is 13.8 Å². The molecule has 8 heteroatoms. The molecule has 0 unspecified atom stereocenters. The normalized spacial score (nSPS) is 10.5. The number of amides is 2. The monoisotopic (exact) mass is 412 g/mol. The number of carbonyl (C=O) groups is 2. The van der Waals surface area contributed by atoms with Crippen LogP contribution in [0.1, 0.15) is 21.6 Å². The molecule has 0 aliphatic carbocycles. The molecule has 29 heavy (non-hydrogen) atoms. The van der Waals surface area contributed by atoms with Crippen LogP contribution in [0, 0.1) is 13.8 Å². The van der Waals surface area contributed by atoms with E-state index in [2.05, 4.69) is 15.7 Å². The van der Waals surface area contributed by atoms with Crippen LogP contribution in [-0.2, 0) is 4.79 Å². The average Bonchev–Trinajstić information content (AvgIpc) is 3.01. The summed E-state index contributed by atoms with van der Waals surface area (Å²) in [6.45, 7) is 3.38. The molecule has 0 saturated carbocycles. The Morgan fingerprint density at radius 1 is 1.14 bits per heavy atom. The zero-order valence-corrected chi connectivity index (χ0v) is 17.1. The van der Waals surface area contributed by atoms with Crippen molar-refractivity contribution in [2.24, 2.45) is 0 Å². The summed E-state index contributed by atoms with van der Waals surface area (Å²) in [6.07, 6.45) is 0. The highest BCUT2D eigenvalue weighted by atomic mass is 35.5. The average molecular weight is 413 g/mol. The number of methoxy groups -OCH3 is 1. The number of anilines is 1. The Morgan fingerprint density at radius 2 is 1.86 bits per heavy atom. The third-order valence-electron chi connectivity index (χ3n) is 4.27. The first-order chi connectivity index (χ1) is 13.9. The van der Waals surface area contributed by atoms with Crippen LogP contribution < -0.4 is 15.4 Å². The maximum Gasteiger partial charge on any atom is 0.256 e. The Balaban J connectivity index is 1.69. The number of carbonyl (C=O) groups excluding carboxylic acids is 2. The quantitative estimate of drug-likeness (QED) is 0.648. The highest BCUT2D eigenvalue weighted by Gasteiger charge is 2.21. The highest BCUT2D eigenvalue weighted by molar-refractivity contribution is 6.33. The summed E-state index contributed by atoms with van der Waals surface area (Å²) in [5, 5.41) is 9.85. The second-order valence-electron chi connectivity index (χ2n) is 6.43. The molecular weight excluding hydrogens is 392 g/mol. The van der Waals surface area contributed by atoms with Gasteiger partial charge in [0.25, 0.3) is 5.91 Å². The van der Waals surface area contributed by atoms with E-state index in [1.54, 1.807) is 19.1 Å². The van der Waals surface area contributed by atoms with Crippen LogP contribution in [-0.4, -0.2) is 35.2 Å². The molecule has 0 aliphatic heterocycles. The first-order valence-electron chi connectivity index (χ1n) is 8.94. The Morgan fingerprint density at radius 3 is 2.55 bits per heavy atom. The van der Waals surface area contributed by atoms with E-state index in [1.165, 1.54) is 11.8 Å². The van der Waals surface area contributed by atoms with Crippen molar-refractivity contribution in [3.05, 3.63) is 70.5 Å². The van der Waals surface area contributed by atoms with Crippen LogP contribution in [0.2, 0.25) is 5.15 Å². The van der Waals surface area contributed by atoms with Crippen molar-refractivity contribution < 1.29 is 14.3 Å². The van der Waals surface area contributed by atoms with Crippen LogP contribution in [0.4, 0.5) is 5.69 Å². The Hall–Kier alpha value is -3.32. The van der Waals surface area contributed by atoms with E-state index in [0.29, 0.717) is 17.1 Å². The molecule has 2 N–H and O–H groups in total. The number of hydrogen-bond acceptors (Lipinski definition) is 4. The van der Waals surface area contributed by atoms with Gasteiger partial charge in [-0.3, -0.25) is 9.59 Å². The number of hydrogen-bond donors (Lipinski definition) is 2. The Labute approximate surface area is 173 Å². The van der Waals surface area contributed by atoms with Gasteiger partial charge in [0, 0.05) is 0 Å². The van der Waals surface area contributed by atoms with E-state index in [9.17, 15) is 9.59 Å². The van der Waals surface area contributed by atoms with Gasteiger partial charge in [-0.2, -0.15) is 5.10 Å². The fourth-order valence-corrected chi connectivity index (χ4v) is 3.22. The number of ether oxygens (including phenoxy) is 1. The zero-order valence-electron chi connectivity index (χ0n) is 16.3. The summed E-state index contributed by atoms with van der Waals surface area (Å²) in [6, 6.07) is 14.7. The molecule has 2 amide bonds. The van der Waals surface area contributed by atoms with Gasteiger partial charge in [-0.05, 0) is 43.7 Å². The Bertz CT molecular complexity index is 1050. The number of nitrogens with one attached hydrogen (secondary N) is 2. The molecule has 3 aromatic rings. The van der Waals surface area contributed by atoms with Crippen molar-refractivity contribution in [2.75, 3.05) is 19.0 Å². The number of aromatic nitrogens is 2. The van der Waals surface area contributed by atoms with Gasteiger partial charge in [0.15, 0.2) is 0 Å². The molecule has 7 nitrogen and oxygen atoms in total. The van der Waals surface area contributed by atoms with Crippen LogP contribution in [0.15, 0.2) is 48.5 Å². The van der Waals surface area contributed by atoms with E-state index in [-0.39, 0.29) is 23.2 Å². The van der Waals surface area contributed by atoms with Gasteiger partial charge >= 0.3 is 0 Å². The summed E-state index contributed by atoms with van der Waals surface area (Å²) in [5.41, 5.74) is 2.95. The summed E-state index contributed by atoms with van der Waals surface area (Å²) in [7, 11) is 1.53. The minimum atomic E-state index is -0.471. The van der Waals surface area contributed by atoms with Gasteiger partial charge in [-0.25, -0.2) is 4.68 Å². The number of nitrogens with zero attached hydrogens (tertiary/aromatic N) is 2. The highest BCUT2D eigenvalue weighted by Crippen LogP contribution is 2.25.